The van der Waals surface area contributed by atoms with Crippen LogP contribution < -0.4 is 10.5 Å². The van der Waals surface area contributed by atoms with Crippen molar-refractivity contribution in [1.29, 1.82) is 5.26 Å². The fraction of sp³-hybridized carbons (Fsp3) is 0.143. The predicted molar refractivity (Wildman–Crippen MR) is 68.7 cm³/mol. The van der Waals surface area contributed by atoms with Crippen molar-refractivity contribution >= 4 is 5.82 Å². The lowest BCUT2D eigenvalue weighted by atomic mass is 10.2. The molecule has 0 spiro atoms. The Hall–Kier alpha value is -2.54. The van der Waals surface area contributed by atoms with Crippen LogP contribution in [0.3, 0.4) is 0 Å². The first-order chi connectivity index (χ1) is 8.79. The van der Waals surface area contributed by atoms with E-state index in [0.29, 0.717) is 18.8 Å². The number of aromatic nitrogens is 1. The highest BCUT2D eigenvalue weighted by Gasteiger charge is 2.00. The second-order valence-corrected chi connectivity index (χ2v) is 3.82. The molecule has 90 valence electrons. The van der Waals surface area contributed by atoms with Crippen LogP contribution in [0.4, 0.5) is 5.82 Å². The number of benzene rings is 1. The van der Waals surface area contributed by atoms with Crippen molar-refractivity contribution in [2.45, 2.75) is 13.0 Å². The van der Waals surface area contributed by atoms with E-state index in [9.17, 15) is 0 Å². The molecule has 0 aliphatic carbocycles. The zero-order valence-electron chi connectivity index (χ0n) is 9.84. The molecule has 4 nitrogen and oxygen atoms in total. The van der Waals surface area contributed by atoms with E-state index in [1.165, 1.54) is 0 Å². The highest BCUT2D eigenvalue weighted by atomic mass is 16.5. The molecule has 0 amide bonds. The van der Waals surface area contributed by atoms with E-state index in [1.54, 1.807) is 6.20 Å². The number of ether oxygens (including phenoxy) is 1. The van der Waals surface area contributed by atoms with Gasteiger partial charge in [0.2, 0.25) is 0 Å². The molecular weight excluding hydrogens is 226 g/mol. The fourth-order valence-electron chi connectivity index (χ4n) is 1.53. The molecule has 1 aromatic heterocycles. The standard InChI is InChI=1S/C14H13N3O/c15-8-7-11-3-5-13(6-4-11)18-10-12-2-1-9-17-14(12)16/h1-6,9H,7,10H2,(H2,16,17). The van der Waals surface area contributed by atoms with Gasteiger partial charge in [-0.05, 0) is 23.8 Å². The summed E-state index contributed by atoms with van der Waals surface area (Å²) in [6.07, 6.45) is 2.06. The highest BCUT2D eigenvalue weighted by Crippen LogP contribution is 2.16. The average Bonchev–Trinajstić information content (AvgIpc) is 2.40. The molecule has 2 aromatic rings. The summed E-state index contributed by atoms with van der Waals surface area (Å²) < 4.78 is 5.60. The summed E-state index contributed by atoms with van der Waals surface area (Å²) in [7, 11) is 0. The molecule has 0 atom stereocenters. The van der Waals surface area contributed by atoms with Crippen LogP contribution in [0.15, 0.2) is 42.6 Å². The Morgan fingerprint density at radius 1 is 1.22 bits per heavy atom. The maximum absolute atomic E-state index is 8.57. The maximum Gasteiger partial charge on any atom is 0.129 e. The third-order valence-corrected chi connectivity index (χ3v) is 2.53. The number of rotatable bonds is 4. The molecule has 0 fully saturated rings. The van der Waals surface area contributed by atoms with Gasteiger partial charge in [-0.15, -0.1) is 0 Å². The summed E-state index contributed by atoms with van der Waals surface area (Å²) in [4.78, 5) is 3.99. The minimum Gasteiger partial charge on any atom is -0.489 e. The van der Waals surface area contributed by atoms with E-state index in [2.05, 4.69) is 11.1 Å². The molecule has 1 aromatic carbocycles. The van der Waals surface area contributed by atoms with E-state index < -0.39 is 0 Å². The summed E-state index contributed by atoms with van der Waals surface area (Å²) in [5, 5.41) is 8.57. The van der Waals surface area contributed by atoms with Crippen molar-refractivity contribution < 1.29 is 4.74 Å². The van der Waals surface area contributed by atoms with Crippen molar-refractivity contribution in [3.63, 3.8) is 0 Å². The lowest BCUT2D eigenvalue weighted by Gasteiger charge is -2.08. The molecule has 0 radical (unpaired) electrons. The van der Waals surface area contributed by atoms with Crippen LogP contribution in [-0.4, -0.2) is 4.98 Å². The van der Waals surface area contributed by atoms with Gasteiger partial charge in [0.05, 0.1) is 12.5 Å². The number of pyridine rings is 1. The number of nitriles is 1. The molecule has 0 unspecified atom stereocenters. The molecule has 1 heterocycles. The summed E-state index contributed by atoms with van der Waals surface area (Å²) in [5.74, 6) is 1.23. The fourth-order valence-corrected chi connectivity index (χ4v) is 1.53. The van der Waals surface area contributed by atoms with E-state index in [4.69, 9.17) is 15.7 Å². The van der Waals surface area contributed by atoms with Gasteiger partial charge in [-0.3, -0.25) is 0 Å². The van der Waals surface area contributed by atoms with Gasteiger partial charge < -0.3 is 10.5 Å². The second-order valence-electron chi connectivity index (χ2n) is 3.82. The summed E-state index contributed by atoms with van der Waals surface area (Å²) in [6, 6.07) is 13.3. The van der Waals surface area contributed by atoms with Crippen molar-refractivity contribution in [3.05, 3.63) is 53.7 Å². The van der Waals surface area contributed by atoms with E-state index in [0.717, 1.165) is 16.9 Å². The van der Waals surface area contributed by atoms with Crippen LogP contribution in [0.1, 0.15) is 11.1 Å². The number of anilines is 1. The number of nitrogen functional groups attached to an aromatic ring is 1. The van der Waals surface area contributed by atoms with Crippen molar-refractivity contribution in [2.75, 3.05) is 5.73 Å². The third-order valence-electron chi connectivity index (χ3n) is 2.53. The number of hydrogen-bond acceptors (Lipinski definition) is 4. The van der Waals surface area contributed by atoms with Gasteiger partial charge in [0.15, 0.2) is 0 Å². The Balaban J connectivity index is 1.98. The zero-order chi connectivity index (χ0) is 12.8. The maximum atomic E-state index is 8.57. The Bertz CT molecular complexity index is 558. The lowest BCUT2D eigenvalue weighted by molar-refractivity contribution is 0.306. The summed E-state index contributed by atoms with van der Waals surface area (Å²) >= 11 is 0. The van der Waals surface area contributed by atoms with Gasteiger partial charge in [0.25, 0.3) is 0 Å². The van der Waals surface area contributed by atoms with Crippen LogP contribution in [0, 0.1) is 11.3 Å². The van der Waals surface area contributed by atoms with Crippen LogP contribution in [0.2, 0.25) is 0 Å². The number of nitrogens with two attached hydrogens (primary N) is 1. The van der Waals surface area contributed by atoms with Crippen LogP contribution in [0.25, 0.3) is 0 Å². The Kier molecular flexibility index (Phi) is 3.77. The van der Waals surface area contributed by atoms with E-state index in [1.807, 2.05) is 36.4 Å². The van der Waals surface area contributed by atoms with Crippen molar-refractivity contribution in [1.82, 2.24) is 4.98 Å². The van der Waals surface area contributed by atoms with Crippen molar-refractivity contribution in [2.24, 2.45) is 0 Å². The van der Waals surface area contributed by atoms with Crippen LogP contribution >= 0.6 is 0 Å². The molecule has 0 bridgehead atoms. The van der Waals surface area contributed by atoms with Gasteiger partial charge in [0.1, 0.15) is 18.2 Å². The second kappa shape index (κ2) is 5.69. The third kappa shape index (κ3) is 2.98. The van der Waals surface area contributed by atoms with Crippen LogP contribution in [0.5, 0.6) is 5.75 Å². The first-order valence-corrected chi connectivity index (χ1v) is 5.57. The molecule has 2 rings (SSSR count). The summed E-state index contributed by atoms with van der Waals surface area (Å²) in [6.45, 7) is 0.386. The minimum absolute atomic E-state index is 0.386. The minimum atomic E-state index is 0.386. The molecule has 2 N–H and O–H groups in total. The SMILES string of the molecule is N#CCc1ccc(OCc2cccnc2N)cc1. The van der Waals surface area contributed by atoms with Crippen molar-refractivity contribution in [3.8, 4) is 11.8 Å². The first kappa shape index (κ1) is 11.9. The van der Waals surface area contributed by atoms with Gasteiger partial charge in [-0.1, -0.05) is 18.2 Å². The number of hydrogen-bond donors (Lipinski definition) is 1. The Labute approximate surface area is 106 Å². The largest absolute Gasteiger partial charge is 0.489 e. The molecule has 0 aliphatic heterocycles. The average molecular weight is 239 g/mol. The predicted octanol–water partition coefficient (Wildman–Crippen LogP) is 2.31. The summed E-state index contributed by atoms with van der Waals surface area (Å²) in [5.41, 5.74) is 7.56. The molecule has 18 heavy (non-hydrogen) atoms. The molecular formula is C14H13N3O. The molecule has 4 heteroatoms. The number of nitrogens with zero attached hydrogens (tertiary/aromatic N) is 2. The van der Waals surface area contributed by atoms with E-state index in [-0.39, 0.29) is 0 Å². The van der Waals surface area contributed by atoms with Gasteiger partial charge in [-0.2, -0.15) is 5.26 Å². The molecule has 0 aliphatic rings. The zero-order valence-corrected chi connectivity index (χ0v) is 9.84. The quantitative estimate of drug-likeness (QED) is 0.888. The van der Waals surface area contributed by atoms with Gasteiger partial charge >= 0.3 is 0 Å². The normalized spacial score (nSPS) is 9.72. The Morgan fingerprint density at radius 3 is 2.67 bits per heavy atom. The molecule has 0 saturated carbocycles. The van der Waals surface area contributed by atoms with Gasteiger partial charge in [-0.25, -0.2) is 4.98 Å². The van der Waals surface area contributed by atoms with E-state index >= 15 is 0 Å². The van der Waals surface area contributed by atoms with Gasteiger partial charge in [0, 0.05) is 11.8 Å². The lowest BCUT2D eigenvalue weighted by Crippen LogP contribution is -2.01. The van der Waals surface area contributed by atoms with Crippen LogP contribution in [-0.2, 0) is 13.0 Å². The Morgan fingerprint density at radius 2 is 2.00 bits per heavy atom. The highest BCUT2D eigenvalue weighted by molar-refractivity contribution is 5.38. The monoisotopic (exact) mass is 239 g/mol. The first-order valence-electron chi connectivity index (χ1n) is 5.57. The smallest absolute Gasteiger partial charge is 0.129 e. The molecule has 0 saturated heterocycles. The topological polar surface area (TPSA) is 71.9 Å².